The van der Waals surface area contributed by atoms with E-state index < -0.39 is 0 Å². The highest BCUT2D eigenvalue weighted by Gasteiger charge is 2.31. The number of aliphatic hydroxyl groups is 1. The van der Waals surface area contributed by atoms with Gasteiger partial charge in [0.15, 0.2) is 0 Å². The minimum atomic E-state index is -0.320. The van der Waals surface area contributed by atoms with Gasteiger partial charge in [-0.15, -0.1) is 0 Å². The van der Waals surface area contributed by atoms with E-state index in [1.807, 2.05) is 0 Å². The zero-order chi connectivity index (χ0) is 15.1. The lowest BCUT2D eigenvalue weighted by Gasteiger charge is -2.35. The molecule has 1 saturated carbocycles. The van der Waals surface area contributed by atoms with Crippen molar-refractivity contribution in [1.29, 1.82) is 0 Å². The lowest BCUT2D eigenvalue weighted by molar-refractivity contribution is -0.117. The maximum absolute atomic E-state index is 13.0. The van der Waals surface area contributed by atoms with E-state index in [2.05, 4.69) is 5.32 Å². The van der Waals surface area contributed by atoms with Crippen LogP contribution in [0.2, 0.25) is 0 Å². The SMILES string of the molecule is O=C(/C=C/c1cccc(F)c1)NCC1(CO)CCCCC1. The van der Waals surface area contributed by atoms with Gasteiger partial charge in [-0.1, -0.05) is 31.4 Å². The molecule has 1 aliphatic carbocycles. The minimum absolute atomic E-state index is 0.112. The van der Waals surface area contributed by atoms with Gasteiger partial charge in [0.25, 0.3) is 0 Å². The van der Waals surface area contributed by atoms with E-state index in [-0.39, 0.29) is 23.7 Å². The molecule has 114 valence electrons. The molecule has 0 heterocycles. The van der Waals surface area contributed by atoms with E-state index in [1.54, 1.807) is 18.2 Å². The summed E-state index contributed by atoms with van der Waals surface area (Å²) in [7, 11) is 0. The molecular formula is C17H22FNO2. The molecule has 1 aromatic rings. The highest BCUT2D eigenvalue weighted by molar-refractivity contribution is 5.91. The Labute approximate surface area is 124 Å². The van der Waals surface area contributed by atoms with Gasteiger partial charge in [-0.25, -0.2) is 4.39 Å². The van der Waals surface area contributed by atoms with Crippen molar-refractivity contribution in [3.8, 4) is 0 Å². The first-order valence-electron chi connectivity index (χ1n) is 7.46. The summed E-state index contributed by atoms with van der Waals surface area (Å²) < 4.78 is 13.0. The fourth-order valence-electron chi connectivity index (χ4n) is 2.81. The number of aliphatic hydroxyl groups excluding tert-OH is 1. The Balaban J connectivity index is 1.86. The van der Waals surface area contributed by atoms with Gasteiger partial charge in [-0.3, -0.25) is 4.79 Å². The summed E-state index contributed by atoms with van der Waals surface area (Å²) in [6.07, 6.45) is 8.32. The second-order valence-corrected chi connectivity index (χ2v) is 5.82. The van der Waals surface area contributed by atoms with Crippen molar-refractivity contribution >= 4 is 12.0 Å². The molecule has 1 amide bonds. The zero-order valence-electron chi connectivity index (χ0n) is 12.1. The van der Waals surface area contributed by atoms with Crippen LogP contribution in [0.4, 0.5) is 4.39 Å². The van der Waals surface area contributed by atoms with E-state index in [9.17, 15) is 14.3 Å². The molecule has 1 fully saturated rings. The predicted molar refractivity (Wildman–Crippen MR) is 81.0 cm³/mol. The summed E-state index contributed by atoms with van der Waals surface area (Å²) in [5.41, 5.74) is 0.486. The van der Waals surface area contributed by atoms with Crippen LogP contribution in [-0.4, -0.2) is 24.2 Å². The molecule has 1 aromatic carbocycles. The topological polar surface area (TPSA) is 49.3 Å². The van der Waals surface area contributed by atoms with E-state index in [0.717, 1.165) is 25.7 Å². The fourth-order valence-corrected chi connectivity index (χ4v) is 2.81. The van der Waals surface area contributed by atoms with Gasteiger partial charge in [0, 0.05) is 18.0 Å². The predicted octanol–water partition coefficient (Wildman–Crippen LogP) is 2.90. The van der Waals surface area contributed by atoms with Crippen LogP contribution in [0.5, 0.6) is 0 Å². The van der Waals surface area contributed by atoms with E-state index in [0.29, 0.717) is 12.1 Å². The first-order chi connectivity index (χ1) is 10.1. The second kappa shape index (κ2) is 7.36. The summed E-state index contributed by atoms with van der Waals surface area (Å²) in [4.78, 5) is 11.8. The quantitative estimate of drug-likeness (QED) is 0.820. The Hall–Kier alpha value is -1.68. The number of carbonyl (C=O) groups excluding carboxylic acids is 1. The second-order valence-electron chi connectivity index (χ2n) is 5.82. The van der Waals surface area contributed by atoms with Crippen LogP contribution in [0.15, 0.2) is 30.3 Å². The van der Waals surface area contributed by atoms with Gasteiger partial charge < -0.3 is 10.4 Å². The molecule has 0 aliphatic heterocycles. The third-order valence-electron chi connectivity index (χ3n) is 4.16. The maximum Gasteiger partial charge on any atom is 0.244 e. The molecule has 4 heteroatoms. The van der Waals surface area contributed by atoms with Gasteiger partial charge in [0.05, 0.1) is 6.61 Å². The summed E-state index contributed by atoms with van der Waals surface area (Å²) in [5, 5.41) is 12.4. The molecule has 3 nitrogen and oxygen atoms in total. The number of nitrogens with one attached hydrogen (secondary N) is 1. The van der Waals surface area contributed by atoms with Gasteiger partial charge >= 0.3 is 0 Å². The van der Waals surface area contributed by atoms with Crippen molar-refractivity contribution in [3.05, 3.63) is 41.7 Å². The van der Waals surface area contributed by atoms with Crippen LogP contribution >= 0.6 is 0 Å². The lowest BCUT2D eigenvalue weighted by atomic mass is 9.74. The van der Waals surface area contributed by atoms with Crippen molar-refractivity contribution in [2.24, 2.45) is 5.41 Å². The Morgan fingerprint density at radius 2 is 2.10 bits per heavy atom. The minimum Gasteiger partial charge on any atom is -0.396 e. The molecule has 0 radical (unpaired) electrons. The first-order valence-corrected chi connectivity index (χ1v) is 7.46. The first kappa shape index (κ1) is 15.7. The van der Waals surface area contributed by atoms with Gasteiger partial charge in [0.2, 0.25) is 5.91 Å². The Morgan fingerprint density at radius 3 is 2.76 bits per heavy atom. The number of rotatable bonds is 5. The average molecular weight is 291 g/mol. The molecule has 2 rings (SSSR count). The number of carbonyl (C=O) groups is 1. The van der Waals surface area contributed by atoms with Gasteiger partial charge in [0.1, 0.15) is 5.82 Å². The molecule has 0 bridgehead atoms. The summed E-state index contributed by atoms with van der Waals surface area (Å²) in [5.74, 6) is -0.531. The lowest BCUT2D eigenvalue weighted by Crippen LogP contribution is -2.40. The molecule has 0 spiro atoms. The van der Waals surface area contributed by atoms with Crippen LogP contribution in [0.25, 0.3) is 6.08 Å². The van der Waals surface area contributed by atoms with E-state index in [4.69, 9.17) is 0 Å². The van der Waals surface area contributed by atoms with Crippen LogP contribution < -0.4 is 5.32 Å². The average Bonchev–Trinajstić information content (AvgIpc) is 2.52. The van der Waals surface area contributed by atoms with Gasteiger partial charge in [-0.05, 0) is 36.6 Å². The molecule has 0 unspecified atom stereocenters. The zero-order valence-corrected chi connectivity index (χ0v) is 12.1. The van der Waals surface area contributed by atoms with Crippen molar-refractivity contribution in [2.75, 3.05) is 13.2 Å². The Morgan fingerprint density at radius 1 is 1.33 bits per heavy atom. The maximum atomic E-state index is 13.0. The number of amides is 1. The fraction of sp³-hybridized carbons (Fsp3) is 0.471. The standard InChI is InChI=1S/C17H22FNO2/c18-15-6-4-5-14(11-15)7-8-16(21)19-12-17(13-20)9-2-1-3-10-17/h4-8,11,20H,1-3,9-10,12-13H2,(H,19,21)/b8-7+. The molecule has 1 aliphatic rings. The highest BCUT2D eigenvalue weighted by atomic mass is 19.1. The molecule has 0 saturated heterocycles. The van der Waals surface area contributed by atoms with Crippen molar-refractivity contribution in [1.82, 2.24) is 5.32 Å². The number of benzene rings is 1. The monoisotopic (exact) mass is 291 g/mol. The molecule has 0 aromatic heterocycles. The van der Waals surface area contributed by atoms with Crippen LogP contribution in [-0.2, 0) is 4.79 Å². The van der Waals surface area contributed by atoms with Crippen LogP contribution in [0.1, 0.15) is 37.7 Å². The van der Waals surface area contributed by atoms with Crippen molar-refractivity contribution < 1.29 is 14.3 Å². The third-order valence-corrected chi connectivity index (χ3v) is 4.16. The Kier molecular flexibility index (Phi) is 5.51. The normalized spacial score (nSPS) is 17.8. The van der Waals surface area contributed by atoms with Gasteiger partial charge in [-0.2, -0.15) is 0 Å². The molecule has 0 atom stereocenters. The highest BCUT2D eigenvalue weighted by Crippen LogP contribution is 2.35. The number of halogens is 1. The third kappa shape index (κ3) is 4.67. The number of hydrogen-bond acceptors (Lipinski definition) is 2. The van der Waals surface area contributed by atoms with E-state index in [1.165, 1.54) is 24.6 Å². The number of hydrogen-bond donors (Lipinski definition) is 2. The van der Waals surface area contributed by atoms with Crippen molar-refractivity contribution in [2.45, 2.75) is 32.1 Å². The smallest absolute Gasteiger partial charge is 0.244 e. The summed E-state index contributed by atoms with van der Waals surface area (Å²) in [6.45, 7) is 0.608. The van der Waals surface area contributed by atoms with E-state index >= 15 is 0 Å². The largest absolute Gasteiger partial charge is 0.396 e. The summed E-state index contributed by atoms with van der Waals surface area (Å²) in [6, 6.07) is 6.09. The molecule has 21 heavy (non-hydrogen) atoms. The molecule has 2 N–H and O–H groups in total. The van der Waals surface area contributed by atoms with Crippen LogP contribution in [0.3, 0.4) is 0 Å². The Bertz CT molecular complexity index is 507. The van der Waals surface area contributed by atoms with Crippen LogP contribution in [0, 0.1) is 11.2 Å². The summed E-state index contributed by atoms with van der Waals surface area (Å²) >= 11 is 0. The molecular weight excluding hydrogens is 269 g/mol. The van der Waals surface area contributed by atoms with Crippen molar-refractivity contribution in [3.63, 3.8) is 0 Å².